The molecule has 0 spiro atoms. The first kappa shape index (κ1) is 21.6. The number of benzene rings is 1. The summed E-state index contributed by atoms with van der Waals surface area (Å²) in [5, 5.41) is 0. The zero-order valence-corrected chi connectivity index (χ0v) is 17.3. The molecule has 0 unspecified atom stereocenters. The number of hydrogen-bond acceptors (Lipinski definition) is 2. The summed E-state index contributed by atoms with van der Waals surface area (Å²) in [6, 6.07) is 8.48. The summed E-state index contributed by atoms with van der Waals surface area (Å²) in [5.74, 6) is 0. The molecule has 1 aromatic rings. The van der Waals surface area contributed by atoms with Gasteiger partial charge in [0.05, 0.1) is 0 Å². The molecule has 0 saturated carbocycles. The Morgan fingerprint density at radius 2 is 1.04 bits per heavy atom. The van der Waals surface area contributed by atoms with Crippen LogP contribution in [-0.2, 0) is 0 Å². The van der Waals surface area contributed by atoms with Crippen molar-refractivity contribution in [3.8, 4) is 0 Å². The molecule has 1 rings (SSSR count). The predicted molar refractivity (Wildman–Crippen MR) is 113 cm³/mol. The van der Waals surface area contributed by atoms with Gasteiger partial charge in [0.2, 0.25) is 0 Å². The third-order valence-corrected chi connectivity index (χ3v) is 4.10. The van der Waals surface area contributed by atoms with E-state index in [-0.39, 0.29) is 0 Å². The lowest BCUT2D eigenvalue weighted by Gasteiger charge is -2.16. The van der Waals surface area contributed by atoms with Crippen LogP contribution in [0.5, 0.6) is 0 Å². The maximum absolute atomic E-state index is 4.54. The van der Waals surface area contributed by atoms with Crippen molar-refractivity contribution in [1.29, 1.82) is 0 Å². The molecule has 0 aliphatic heterocycles. The standard InChI is InChI=1S/C23H38N2/c1-22(2,3)14-7-8-16-24-18-20-10-12-21(13-11-20)19-25-17-9-15-23(4,5)6/h10-13,18-19H,7-9,14-17H2,1-6H3/b24-18+,25-19+. The van der Waals surface area contributed by atoms with E-state index in [1.807, 2.05) is 12.4 Å². The van der Waals surface area contributed by atoms with Crippen LogP contribution < -0.4 is 0 Å². The highest BCUT2D eigenvalue weighted by Gasteiger charge is 2.08. The van der Waals surface area contributed by atoms with Crippen molar-refractivity contribution >= 4 is 12.4 Å². The van der Waals surface area contributed by atoms with Gasteiger partial charge < -0.3 is 0 Å². The molecule has 2 heteroatoms. The molecule has 0 bridgehead atoms. The molecule has 0 aliphatic rings. The van der Waals surface area contributed by atoms with Gasteiger partial charge in [0, 0.05) is 25.5 Å². The van der Waals surface area contributed by atoms with Crippen molar-refractivity contribution in [2.24, 2.45) is 20.8 Å². The molecule has 0 amide bonds. The van der Waals surface area contributed by atoms with Crippen LogP contribution in [-0.4, -0.2) is 25.5 Å². The average molecular weight is 343 g/mol. The third kappa shape index (κ3) is 12.6. The molecular formula is C23H38N2. The highest BCUT2D eigenvalue weighted by Crippen LogP contribution is 2.21. The summed E-state index contributed by atoms with van der Waals surface area (Å²) in [6.07, 6.45) is 10.0. The second-order valence-electron chi connectivity index (χ2n) is 9.42. The van der Waals surface area contributed by atoms with Gasteiger partial charge in [-0.05, 0) is 47.6 Å². The molecule has 140 valence electrons. The van der Waals surface area contributed by atoms with Crippen molar-refractivity contribution in [3.63, 3.8) is 0 Å². The van der Waals surface area contributed by atoms with E-state index < -0.39 is 0 Å². The Morgan fingerprint density at radius 3 is 1.48 bits per heavy atom. The van der Waals surface area contributed by atoms with E-state index in [4.69, 9.17) is 0 Å². The van der Waals surface area contributed by atoms with E-state index in [0.717, 1.165) is 25.1 Å². The van der Waals surface area contributed by atoms with Crippen LogP contribution in [0.25, 0.3) is 0 Å². The maximum atomic E-state index is 4.54. The van der Waals surface area contributed by atoms with Gasteiger partial charge in [-0.2, -0.15) is 0 Å². The fourth-order valence-corrected chi connectivity index (χ4v) is 2.57. The van der Waals surface area contributed by atoms with E-state index >= 15 is 0 Å². The number of nitrogens with zero attached hydrogens (tertiary/aromatic N) is 2. The average Bonchev–Trinajstić information content (AvgIpc) is 2.49. The summed E-state index contributed by atoms with van der Waals surface area (Å²) >= 11 is 0. The highest BCUT2D eigenvalue weighted by atomic mass is 14.7. The third-order valence-electron chi connectivity index (χ3n) is 4.10. The lowest BCUT2D eigenvalue weighted by Crippen LogP contribution is -2.04. The Hall–Kier alpha value is -1.44. The topological polar surface area (TPSA) is 24.7 Å². The van der Waals surface area contributed by atoms with Gasteiger partial charge >= 0.3 is 0 Å². The van der Waals surface area contributed by atoms with Crippen molar-refractivity contribution in [2.45, 2.75) is 73.6 Å². The molecule has 0 radical (unpaired) electrons. The van der Waals surface area contributed by atoms with E-state index in [0.29, 0.717) is 10.8 Å². The second kappa shape index (κ2) is 10.5. The van der Waals surface area contributed by atoms with Gasteiger partial charge in [0.15, 0.2) is 0 Å². The van der Waals surface area contributed by atoms with Crippen LogP contribution in [0.15, 0.2) is 34.3 Å². The van der Waals surface area contributed by atoms with Crippen LogP contribution in [0, 0.1) is 10.8 Å². The quantitative estimate of drug-likeness (QED) is 0.358. The van der Waals surface area contributed by atoms with Crippen molar-refractivity contribution in [3.05, 3.63) is 35.4 Å². The smallest absolute Gasteiger partial charge is 0.0389 e. The first-order valence-corrected chi connectivity index (χ1v) is 9.75. The molecule has 1 aromatic carbocycles. The van der Waals surface area contributed by atoms with Crippen LogP contribution in [0.3, 0.4) is 0 Å². The Kier molecular flexibility index (Phi) is 9.10. The van der Waals surface area contributed by atoms with E-state index in [1.54, 1.807) is 0 Å². The molecule has 0 aromatic heterocycles. The lowest BCUT2D eigenvalue weighted by molar-refractivity contribution is 0.361. The van der Waals surface area contributed by atoms with Gasteiger partial charge in [-0.15, -0.1) is 0 Å². The molecule has 0 aliphatic carbocycles. The minimum Gasteiger partial charge on any atom is -0.293 e. The van der Waals surface area contributed by atoms with E-state index in [9.17, 15) is 0 Å². The second-order valence-corrected chi connectivity index (χ2v) is 9.42. The van der Waals surface area contributed by atoms with E-state index in [1.165, 1.54) is 31.2 Å². The summed E-state index contributed by atoms with van der Waals surface area (Å²) in [7, 11) is 0. The first-order chi connectivity index (χ1) is 11.7. The zero-order chi connectivity index (χ0) is 18.8. The summed E-state index contributed by atoms with van der Waals surface area (Å²) in [4.78, 5) is 9.07. The Labute approximate surface area is 155 Å². The number of rotatable bonds is 9. The number of hydrogen-bond donors (Lipinski definition) is 0. The normalized spacial score (nSPS) is 13.2. The summed E-state index contributed by atoms with van der Waals surface area (Å²) in [6.45, 7) is 15.6. The van der Waals surface area contributed by atoms with Gasteiger partial charge in [-0.1, -0.05) is 72.2 Å². The zero-order valence-electron chi connectivity index (χ0n) is 17.3. The van der Waals surface area contributed by atoms with Gasteiger partial charge in [0.25, 0.3) is 0 Å². The van der Waals surface area contributed by atoms with Crippen LogP contribution in [0.1, 0.15) is 84.8 Å². The van der Waals surface area contributed by atoms with Crippen molar-refractivity contribution in [1.82, 2.24) is 0 Å². The van der Waals surface area contributed by atoms with E-state index in [2.05, 4.69) is 75.8 Å². The Bertz CT molecular complexity index is 525. The minimum atomic E-state index is 0.406. The number of unbranched alkanes of at least 4 members (excludes halogenated alkanes) is 1. The molecule has 25 heavy (non-hydrogen) atoms. The fourth-order valence-electron chi connectivity index (χ4n) is 2.57. The maximum Gasteiger partial charge on any atom is 0.0389 e. The monoisotopic (exact) mass is 342 g/mol. The van der Waals surface area contributed by atoms with Crippen LogP contribution in [0.4, 0.5) is 0 Å². The van der Waals surface area contributed by atoms with Gasteiger partial charge in [-0.25, -0.2) is 0 Å². The van der Waals surface area contributed by atoms with Crippen molar-refractivity contribution < 1.29 is 0 Å². The molecular weight excluding hydrogens is 304 g/mol. The number of aliphatic imine (C=N–C) groups is 2. The Balaban J connectivity index is 2.28. The molecule has 0 N–H and O–H groups in total. The van der Waals surface area contributed by atoms with Gasteiger partial charge in [0.1, 0.15) is 0 Å². The molecule has 0 heterocycles. The lowest BCUT2D eigenvalue weighted by atomic mass is 9.90. The summed E-state index contributed by atoms with van der Waals surface area (Å²) in [5.41, 5.74) is 3.18. The highest BCUT2D eigenvalue weighted by molar-refractivity contribution is 5.84. The molecule has 0 fully saturated rings. The largest absolute Gasteiger partial charge is 0.293 e. The van der Waals surface area contributed by atoms with Gasteiger partial charge in [-0.3, -0.25) is 9.98 Å². The Morgan fingerprint density at radius 1 is 0.640 bits per heavy atom. The SMILES string of the molecule is CC(C)(C)CCCC/N=C/c1ccc(/C=N/CCCC(C)(C)C)cc1. The minimum absolute atomic E-state index is 0.406. The van der Waals surface area contributed by atoms with Crippen LogP contribution >= 0.6 is 0 Å². The van der Waals surface area contributed by atoms with Crippen molar-refractivity contribution in [2.75, 3.05) is 13.1 Å². The molecule has 0 saturated heterocycles. The summed E-state index contributed by atoms with van der Waals surface area (Å²) < 4.78 is 0. The van der Waals surface area contributed by atoms with Crippen LogP contribution in [0.2, 0.25) is 0 Å². The molecule has 2 nitrogen and oxygen atoms in total. The first-order valence-electron chi connectivity index (χ1n) is 9.75. The molecule has 0 atom stereocenters. The predicted octanol–water partition coefficient (Wildman–Crippen LogP) is 6.57. The fraction of sp³-hybridized carbons (Fsp3) is 0.652.